The van der Waals surface area contributed by atoms with Crippen LogP contribution in [0.15, 0.2) is 42.7 Å². The second kappa shape index (κ2) is 10.6. The quantitative estimate of drug-likeness (QED) is 0.713. The van der Waals surface area contributed by atoms with E-state index in [-0.39, 0.29) is 5.91 Å². The minimum absolute atomic E-state index is 0.0196. The molecule has 0 spiro atoms. The van der Waals surface area contributed by atoms with Crippen molar-refractivity contribution in [3.05, 3.63) is 59.4 Å². The van der Waals surface area contributed by atoms with E-state index in [2.05, 4.69) is 11.9 Å². The molecule has 3 rings (SSSR count). The van der Waals surface area contributed by atoms with Gasteiger partial charge in [0.05, 0.1) is 0 Å². The first kappa shape index (κ1) is 24.6. The Bertz CT molecular complexity index is 963. The summed E-state index contributed by atoms with van der Waals surface area (Å²) >= 11 is 0. The van der Waals surface area contributed by atoms with Gasteiger partial charge in [-0.1, -0.05) is 0 Å². The third-order valence-corrected chi connectivity index (χ3v) is 4.70. The van der Waals surface area contributed by atoms with Crippen LogP contribution in [-0.4, -0.2) is 63.8 Å². The van der Waals surface area contributed by atoms with Crippen molar-refractivity contribution in [3.8, 4) is 5.75 Å². The molecule has 2 heterocycles. The van der Waals surface area contributed by atoms with Gasteiger partial charge in [-0.05, 0) is 54.8 Å². The lowest BCUT2D eigenvalue weighted by Crippen LogP contribution is -2.28. The van der Waals surface area contributed by atoms with Crippen LogP contribution in [0.25, 0.3) is 0 Å². The molecule has 1 aromatic heterocycles. The summed E-state index contributed by atoms with van der Waals surface area (Å²) in [7, 11) is 0. The normalized spacial score (nSPS) is 15.5. The number of rotatable bonds is 5. The van der Waals surface area contributed by atoms with Crippen molar-refractivity contribution < 1.29 is 42.5 Å². The van der Waals surface area contributed by atoms with Crippen LogP contribution in [0, 0.1) is 6.92 Å². The number of aryl methyl sites for hydroxylation is 1. The van der Waals surface area contributed by atoms with Crippen molar-refractivity contribution in [2.24, 2.45) is 0 Å². The topological polar surface area (TPSA) is 117 Å². The summed E-state index contributed by atoms with van der Waals surface area (Å²) in [6.45, 7) is 3.07. The van der Waals surface area contributed by atoms with Crippen LogP contribution in [0.2, 0.25) is 0 Å². The van der Waals surface area contributed by atoms with E-state index < -0.39 is 24.7 Å². The van der Waals surface area contributed by atoms with Crippen LogP contribution in [0.3, 0.4) is 0 Å². The Morgan fingerprint density at radius 3 is 2.31 bits per heavy atom. The van der Waals surface area contributed by atoms with E-state index in [1.807, 2.05) is 17.2 Å². The van der Waals surface area contributed by atoms with Crippen LogP contribution in [-0.2, 0) is 9.59 Å². The van der Waals surface area contributed by atoms with Gasteiger partial charge >= 0.3 is 18.1 Å². The summed E-state index contributed by atoms with van der Waals surface area (Å²) in [4.78, 5) is 38.1. The van der Waals surface area contributed by atoms with E-state index in [4.69, 9.17) is 19.7 Å². The van der Waals surface area contributed by atoms with E-state index in [1.54, 1.807) is 30.5 Å². The molecule has 1 aliphatic heterocycles. The SMILES string of the molecule is Cc1ccncc1C1CCN(C(=O)c2ccc(OCC(=O)O)cc2)C1.O=C(O)C(F)(F)F. The number of aliphatic carboxylic acids is 2. The Morgan fingerprint density at radius 2 is 1.78 bits per heavy atom. The zero-order valence-electron chi connectivity index (χ0n) is 17.0. The summed E-state index contributed by atoms with van der Waals surface area (Å²) in [6, 6.07) is 8.57. The molecule has 1 fully saturated rings. The minimum Gasteiger partial charge on any atom is -0.482 e. The Labute approximate surface area is 181 Å². The molecule has 2 N–H and O–H groups in total. The molecule has 1 aromatic carbocycles. The molecule has 1 unspecified atom stereocenters. The monoisotopic (exact) mass is 454 g/mol. The minimum atomic E-state index is -5.08. The van der Waals surface area contributed by atoms with Gasteiger partial charge in [0.15, 0.2) is 6.61 Å². The number of carbonyl (C=O) groups is 3. The molecule has 32 heavy (non-hydrogen) atoms. The number of amides is 1. The second-order valence-electron chi connectivity index (χ2n) is 6.98. The molecular formula is C21H21F3N2O6. The summed E-state index contributed by atoms with van der Waals surface area (Å²) in [5.74, 6) is -3.06. The maximum Gasteiger partial charge on any atom is 0.490 e. The molecule has 1 saturated heterocycles. The number of alkyl halides is 3. The van der Waals surface area contributed by atoms with Crippen molar-refractivity contribution in [1.82, 2.24) is 9.88 Å². The summed E-state index contributed by atoms with van der Waals surface area (Å²) in [5, 5.41) is 15.7. The molecule has 0 radical (unpaired) electrons. The average Bonchev–Trinajstić information content (AvgIpc) is 3.22. The Balaban J connectivity index is 0.000000451. The van der Waals surface area contributed by atoms with Crippen molar-refractivity contribution in [3.63, 3.8) is 0 Å². The molecule has 1 atom stereocenters. The van der Waals surface area contributed by atoms with Crippen LogP contribution in [0.4, 0.5) is 13.2 Å². The van der Waals surface area contributed by atoms with E-state index in [0.29, 0.717) is 23.8 Å². The first-order valence-electron chi connectivity index (χ1n) is 9.43. The van der Waals surface area contributed by atoms with E-state index in [0.717, 1.165) is 13.0 Å². The number of ether oxygens (including phenoxy) is 1. The number of nitrogens with zero attached hydrogens (tertiary/aromatic N) is 2. The highest BCUT2D eigenvalue weighted by Gasteiger charge is 2.38. The number of carbonyl (C=O) groups excluding carboxylic acids is 1. The number of carboxylic acid groups (broad SMARTS) is 2. The standard InChI is InChI=1S/C19H20N2O4.C2HF3O2/c1-13-6-8-20-10-17(13)15-7-9-21(11-15)19(24)14-2-4-16(5-3-14)25-12-18(22)23;3-2(4,5)1(6)7/h2-6,8,10,15H,7,9,11-12H2,1H3,(H,22,23);(H,6,7). The van der Waals surface area contributed by atoms with Gasteiger partial charge in [-0.2, -0.15) is 13.2 Å². The van der Waals surface area contributed by atoms with Crippen molar-refractivity contribution in [2.75, 3.05) is 19.7 Å². The number of pyridine rings is 1. The van der Waals surface area contributed by atoms with Gasteiger partial charge in [-0.15, -0.1) is 0 Å². The Kier molecular flexibility index (Phi) is 8.16. The highest BCUT2D eigenvalue weighted by molar-refractivity contribution is 5.94. The second-order valence-corrected chi connectivity index (χ2v) is 6.98. The maximum atomic E-state index is 12.7. The lowest BCUT2D eigenvalue weighted by atomic mass is 9.96. The molecule has 8 nitrogen and oxygen atoms in total. The van der Waals surface area contributed by atoms with Crippen molar-refractivity contribution >= 4 is 17.8 Å². The lowest BCUT2D eigenvalue weighted by Gasteiger charge is -2.17. The number of likely N-dealkylation sites (tertiary alicyclic amines) is 1. The smallest absolute Gasteiger partial charge is 0.482 e. The van der Waals surface area contributed by atoms with Crippen LogP contribution in [0.1, 0.15) is 33.8 Å². The summed E-state index contributed by atoms with van der Waals surface area (Å²) in [5.41, 5.74) is 2.98. The largest absolute Gasteiger partial charge is 0.490 e. The average molecular weight is 454 g/mol. The fraction of sp³-hybridized carbons (Fsp3) is 0.333. The highest BCUT2D eigenvalue weighted by Crippen LogP contribution is 2.29. The van der Waals surface area contributed by atoms with Gasteiger partial charge in [-0.25, -0.2) is 9.59 Å². The number of halogens is 3. The third-order valence-electron chi connectivity index (χ3n) is 4.70. The fourth-order valence-electron chi connectivity index (χ4n) is 3.12. The summed E-state index contributed by atoms with van der Waals surface area (Å²) in [6.07, 6.45) is -0.481. The zero-order chi connectivity index (χ0) is 23.9. The molecule has 1 aliphatic rings. The van der Waals surface area contributed by atoms with Crippen LogP contribution >= 0.6 is 0 Å². The number of aromatic nitrogens is 1. The van der Waals surface area contributed by atoms with Gasteiger partial charge in [0.25, 0.3) is 5.91 Å². The number of hydrogen-bond acceptors (Lipinski definition) is 5. The van der Waals surface area contributed by atoms with Crippen LogP contribution < -0.4 is 4.74 Å². The fourth-order valence-corrected chi connectivity index (χ4v) is 3.12. The van der Waals surface area contributed by atoms with Gasteiger partial charge in [0, 0.05) is 37.0 Å². The lowest BCUT2D eigenvalue weighted by molar-refractivity contribution is -0.192. The van der Waals surface area contributed by atoms with E-state index >= 15 is 0 Å². The Hall–Kier alpha value is -3.63. The highest BCUT2D eigenvalue weighted by atomic mass is 19.4. The van der Waals surface area contributed by atoms with Gasteiger partial charge in [0.2, 0.25) is 0 Å². The third kappa shape index (κ3) is 6.96. The molecule has 2 aromatic rings. The number of carboxylic acids is 2. The van der Waals surface area contributed by atoms with Gasteiger partial charge < -0.3 is 19.8 Å². The number of benzene rings is 1. The van der Waals surface area contributed by atoms with E-state index in [9.17, 15) is 22.8 Å². The van der Waals surface area contributed by atoms with E-state index in [1.165, 1.54) is 11.1 Å². The molecule has 1 amide bonds. The van der Waals surface area contributed by atoms with Crippen LogP contribution in [0.5, 0.6) is 5.75 Å². The first-order valence-corrected chi connectivity index (χ1v) is 9.43. The Morgan fingerprint density at radius 1 is 1.16 bits per heavy atom. The molecule has 0 saturated carbocycles. The summed E-state index contributed by atoms with van der Waals surface area (Å²) < 4.78 is 36.8. The number of hydrogen-bond donors (Lipinski definition) is 2. The van der Waals surface area contributed by atoms with Crippen molar-refractivity contribution in [1.29, 1.82) is 0 Å². The molecule has 172 valence electrons. The molecular weight excluding hydrogens is 433 g/mol. The molecule has 11 heteroatoms. The first-order chi connectivity index (χ1) is 15.0. The predicted molar refractivity (Wildman–Crippen MR) is 105 cm³/mol. The zero-order valence-corrected chi connectivity index (χ0v) is 17.0. The van der Waals surface area contributed by atoms with Crippen molar-refractivity contribution in [2.45, 2.75) is 25.4 Å². The van der Waals surface area contributed by atoms with Gasteiger partial charge in [0.1, 0.15) is 5.75 Å². The predicted octanol–water partition coefficient (Wildman–Crippen LogP) is 3.12. The van der Waals surface area contributed by atoms with Gasteiger partial charge in [-0.3, -0.25) is 9.78 Å². The maximum absolute atomic E-state index is 12.7. The molecule has 0 bridgehead atoms. The molecule has 0 aliphatic carbocycles.